The third-order valence-electron chi connectivity index (χ3n) is 4.86. The van der Waals surface area contributed by atoms with Crippen LogP contribution in [0.25, 0.3) is 0 Å². The van der Waals surface area contributed by atoms with Crippen LogP contribution in [-0.4, -0.2) is 35.7 Å². The number of likely N-dealkylation sites (tertiary alicyclic amines) is 1. The molecule has 0 aromatic heterocycles. The normalized spacial score (nSPS) is 16.0. The lowest BCUT2D eigenvalue weighted by Gasteiger charge is -2.16. The van der Waals surface area contributed by atoms with Crippen LogP contribution in [0.1, 0.15) is 36.5 Å². The summed E-state index contributed by atoms with van der Waals surface area (Å²) in [4.78, 5) is 38.5. The van der Waals surface area contributed by atoms with Gasteiger partial charge < -0.3 is 15.5 Å². The van der Waals surface area contributed by atoms with Crippen LogP contribution < -0.4 is 10.6 Å². The van der Waals surface area contributed by atoms with Gasteiger partial charge in [-0.05, 0) is 48.9 Å². The van der Waals surface area contributed by atoms with Gasteiger partial charge >= 0.3 is 0 Å². The maximum atomic E-state index is 13.2. The largest absolute Gasteiger partial charge is 0.342 e. The Kier molecular flexibility index (Phi) is 6.59. The lowest BCUT2D eigenvalue weighted by atomic mass is 10.1. The van der Waals surface area contributed by atoms with Gasteiger partial charge in [0.2, 0.25) is 11.8 Å². The predicted molar refractivity (Wildman–Crippen MR) is 109 cm³/mol. The fourth-order valence-electron chi connectivity index (χ4n) is 3.23. The van der Waals surface area contributed by atoms with Gasteiger partial charge in [0.15, 0.2) is 0 Å². The zero-order chi connectivity index (χ0) is 20.8. The number of amides is 3. The molecular weight excluding hydrogens is 373 g/mol. The molecule has 1 aliphatic rings. The van der Waals surface area contributed by atoms with Crippen molar-refractivity contribution in [1.82, 2.24) is 4.90 Å². The van der Waals surface area contributed by atoms with E-state index in [4.69, 9.17) is 0 Å². The number of carbonyl (C=O) groups is 3. The van der Waals surface area contributed by atoms with Crippen molar-refractivity contribution in [3.8, 4) is 0 Å². The fourth-order valence-corrected chi connectivity index (χ4v) is 3.23. The second-order valence-electron chi connectivity index (χ2n) is 7.13. The van der Waals surface area contributed by atoms with Crippen LogP contribution in [-0.2, 0) is 9.59 Å². The number of hydrogen-bond donors (Lipinski definition) is 2. The van der Waals surface area contributed by atoms with Crippen LogP contribution in [0.3, 0.4) is 0 Å². The molecule has 7 heteroatoms. The lowest BCUT2D eigenvalue weighted by molar-refractivity contribution is -0.128. The van der Waals surface area contributed by atoms with Crippen LogP contribution in [0.2, 0.25) is 0 Å². The Morgan fingerprint density at radius 2 is 1.86 bits per heavy atom. The Bertz CT molecular complexity index is 898. The van der Waals surface area contributed by atoms with Gasteiger partial charge in [-0.2, -0.15) is 0 Å². The van der Waals surface area contributed by atoms with Crippen molar-refractivity contribution in [2.24, 2.45) is 5.92 Å². The highest BCUT2D eigenvalue weighted by molar-refractivity contribution is 6.04. The topological polar surface area (TPSA) is 78.5 Å². The first-order valence-corrected chi connectivity index (χ1v) is 9.72. The molecule has 3 rings (SSSR count). The number of halogens is 1. The number of nitrogens with zero attached hydrogens (tertiary/aromatic N) is 1. The second-order valence-corrected chi connectivity index (χ2v) is 7.13. The van der Waals surface area contributed by atoms with E-state index in [0.717, 1.165) is 12.8 Å². The Balaban J connectivity index is 1.55. The molecule has 0 unspecified atom stereocenters. The number of hydrogen-bond acceptors (Lipinski definition) is 3. The molecule has 1 atom stereocenters. The monoisotopic (exact) mass is 397 g/mol. The third kappa shape index (κ3) is 5.40. The minimum Gasteiger partial charge on any atom is -0.342 e. The summed E-state index contributed by atoms with van der Waals surface area (Å²) in [6, 6.07) is 12.1. The Hall–Kier alpha value is -3.22. The first kappa shape index (κ1) is 20.5. The summed E-state index contributed by atoms with van der Waals surface area (Å²) < 4.78 is 13.2. The Morgan fingerprint density at radius 1 is 1.10 bits per heavy atom. The number of benzene rings is 2. The van der Waals surface area contributed by atoms with Crippen molar-refractivity contribution in [2.45, 2.75) is 26.2 Å². The molecule has 0 bridgehead atoms. The molecule has 1 fully saturated rings. The summed E-state index contributed by atoms with van der Waals surface area (Å²) in [6.45, 7) is 3.19. The van der Waals surface area contributed by atoms with Gasteiger partial charge in [-0.15, -0.1) is 0 Å². The van der Waals surface area contributed by atoms with Crippen LogP contribution >= 0.6 is 0 Å². The second kappa shape index (κ2) is 9.32. The van der Waals surface area contributed by atoms with Crippen molar-refractivity contribution in [3.05, 3.63) is 59.9 Å². The quantitative estimate of drug-likeness (QED) is 0.748. The Morgan fingerprint density at radius 3 is 2.55 bits per heavy atom. The van der Waals surface area contributed by atoms with Gasteiger partial charge in [0.1, 0.15) is 5.82 Å². The average Bonchev–Trinajstić information content (AvgIpc) is 3.07. The maximum absolute atomic E-state index is 13.2. The van der Waals surface area contributed by atoms with E-state index in [1.165, 1.54) is 18.2 Å². The van der Waals surface area contributed by atoms with E-state index in [-0.39, 0.29) is 30.1 Å². The van der Waals surface area contributed by atoms with Gasteiger partial charge in [-0.1, -0.05) is 19.4 Å². The molecule has 29 heavy (non-hydrogen) atoms. The molecule has 6 nitrogen and oxygen atoms in total. The molecule has 0 saturated carbocycles. The van der Waals surface area contributed by atoms with Crippen molar-refractivity contribution < 1.29 is 18.8 Å². The molecule has 2 N–H and O–H groups in total. The smallest absolute Gasteiger partial charge is 0.255 e. The van der Waals surface area contributed by atoms with Gasteiger partial charge in [0.05, 0.1) is 5.92 Å². The summed E-state index contributed by atoms with van der Waals surface area (Å²) in [7, 11) is 0. The highest BCUT2D eigenvalue weighted by Gasteiger charge is 2.33. The lowest BCUT2D eigenvalue weighted by Crippen LogP contribution is -2.29. The predicted octanol–water partition coefficient (Wildman–Crippen LogP) is 3.67. The summed E-state index contributed by atoms with van der Waals surface area (Å²) in [6.07, 6.45) is 2.16. The summed E-state index contributed by atoms with van der Waals surface area (Å²) in [5.74, 6) is -1.35. The summed E-state index contributed by atoms with van der Waals surface area (Å²) in [5.41, 5.74) is 1.30. The molecule has 2 aromatic carbocycles. The van der Waals surface area contributed by atoms with Gasteiger partial charge in [0.25, 0.3) is 5.91 Å². The third-order valence-corrected chi connectivity index (χ3v) is 4.86. The van der Waals surface area contributed by atoms with Gasteiger partial charge in [-0.3, -0.25) is 14.4 Å². The first-order chi connectivity index (χ1) is 14.0. The molecule has 2 aromatic rings. The maximum Gasteiger partial charge on any atom is 0.255 e. The van der Waals surface area contributed by atoms with E-state index in [2.05, 4.69) is 17.6 Å². The zero-order valence-corrected chi connectivity index (χ0v) is 16.3. The van der Waals surface area contributed by atoms with E-state index >= 15 is 0 Å². The van der Waals surface area contributed by atoms with Gasteiger partial charge in [0, 0.05) is 36.4 Å². The molecule has 1 saturated heterocycles. The van der Waals surface area contributed by atoms with Crippen molar-refractivity contribution in [1.29, 1.82) is 0 Å². The van der Waals surface area contributed by atoms with E-state index in [1.54, 1.807) is 35.2 Å². The summed E-state index contributed by atoms with van der Waals surface area (Å²) in [5, 5.41) is 5.43. The molecule has 1 heterocycles. The number of nitrogens with one attached hydrogen (secondary N) is 2. The zero-order valence-electron chi connectivity index (χ0n) is 16.3. The van der Waals surface area contributed by atoms with E-state index < -0.39 is 5.82 Å². The standard InChI is InChI=1S/C22H24FN3O3/c1-2-3-11-26-14-16(12-20(26)27)22(29)24-18-9-7-15(8-10-18)21(28)25-19-6-4-5-17(23)13-19/h4-10,13,16H,2-3,11-12,14H2,1H3,(H,24,29)(H,25,28)/t16-/m0/s1. The highest BCUT2D eigenvalue weighted by Crippen LogP contribution is 2.21. The highest BCUT2D eigenvalue weighted by atomic mass is 19.1. The molecule has 0 spiro atoms. The van der Waals surface area contributed by atoms with Crippen LogP contribution in [0.15, 0.2) is 48.5 Å². The van der Waals surface area contributed by atoms with Crippen LogP contribution in [0.4, 0.5) is 15.8 Å². The number of anilines is 2. The molecular formula is C22H24FN3O3. The van der Waals surface area contributed by atoms with Gasteiger partial charge in [-0.25, -0.2) is 4.39 Å². The molecule has 152 valence electrons. The molecule has 0 aliphatic carbocycles. The first-order valence-electron chi connectivity index (χ1n) is 9.72. The fraction of sp³-hybridized carbons (Fsp3) is 0.318. The Labute approximate surface area is 169 Å². The van der Waals surface area contributed by atoms with Crippen molar-refractivity contribution in [3.63, 3.8) is 0 Å². The minimum atomic E-state index is -0.431. The van der Waals surface area contributed by atoms with E-state index in [9.17, 15) is 18.8 Å². The number of unbranched alkanes of at least 4 members (excludes halogenated alkanes) is 1. The van der Waals surface area contributed by atoms with Crippen LogP contribution in [0.5, 0.6) is 0 Å². The summed E-state index contributed by atoms with van der Waals surface area (Å²) >= 11 is 0. The SMILES string of the molecule is CCCCN1C[C@@H](C(=O)Nc2ccc(C(=O)Nc3cccc(F)c3)cc2)CC1=O. The van der Waals surface area contributed by atoms with Crippen molar-refractivity contribution >= 4 is 29.1 Å². The molecule has 1 aliphatic heterocycles. The number of carbonyl (C=O) groups excluding carboxylic acids is 3. The van der Waals surface area contributed by atoms with Crippen molar-refractivity contribution in [2.75, 3.05) is 23.7 Å². The molecule has 0 radical (unpaired) electrons. The molecule has 3 amide bonds. The van der Waals surface area contributed by atoms with Crippen LogP contribution in [0, 0.1) is 11.7 Å². The average molecular weight is 397 g/mol. The number of rotatable bonds is 7. The minimum absolute atomic E-state index is 0.0166. The van der Waals surface area contributed by atoms with E-state index in [1.807, 2.05) is 0 Å². The van der Waals surface area contributed by atoms with E-state index in [0.29, 0.717) is 30.0 Å².